The van der Waals surface area contributed by atoms with Crippen molar-refractivity contribution in [1.29, 1.82) is 0 Å². The summed E-state index contributed by atoms with van der Waals surface area (Å²) in [6.07, 6.45) is 4.53. The molecule has 0 aliphatic rings. The maximum absolute atomic E-state index is 12.1. The highest BCUT2D eigenvalue weighted by Crippen LogP contribution is 2.29. The van der Waals surface area contributed by atoms with Gasteiger partial charge in [-0.1, -0.05) is 55.8 Å². The Hall–Kier alpha value is -2.59. The molecule has 0 bridgehead atoms. The van der Waals surface area contributed by atoms with Gasteiger partial charge in [0, 0.05) is 23.5 Å². The quantitative estimate of drug-likeness (QED) is 0.287. The van der Waals surface area contributed by atoms with E-state index in [0.717, 1.165) is 54.4 Å². The Bertz CT molecular complexity index is 971. The number of ether oxygens (including phenoxy) is 1. The van der Waals surface area contributed by atoms with Gasteiger partial charge in [0.1, 0.15) is 11.3 Å². The third-order valence-corrected chi connectivity index (χ3v) is 6.12. The summed E-state index contributed by atoms with van der Waals surface area (Å²) < 4.78 is 11.5. The van der Waals surface area contributed by atoms with Crippen LogP contribution in [0.25, 0.3) is 22.3 Å². The van der Waals surface area contributed by atoms with Crippen molar-refractivity contribution < 1.29 is 19.1 Å². The van der Waals surface area contributed by atoms with E-state index in [-0.39, 0.29) is 18.5 Å². The molecule has 4 heteroatoms. The topological polar surface area (TPSA) is 59.7 Å². The van der Waals surface area contributed by atoms with Crippen LogP contribution in [0.5, 0.6) is 0 Å². The van der Waals surface area contributed by atoms with Crippen LogP contribution in [-0.2, 0) is 16.0 Å². The lowest BCUT2D eigenvalue weighted by Crippen LogP contribution is -2.28. The molecule has 1 aromatic heterocycles. The summed E-state index contributed by atoms with van der Waals surface area (Å²) >= 11 is 0. The maximum Gasteiger partial charge on any atom is 0.311 e. The Morgan fingerprint density at radius 2 is 1.87 bits per heavy atom. The van der Waals surface area contributed by atoms with E-state index < -0.39 is 5.41 Å². The number of rotatable bonds is 11. The van der Waals surface area contributed by atoms with Crippen LogP contribution < -0.4 is 0 Å². The molecule has 0 saturated heterocycles. The fourth-order valence-electron chi connectivity index (χ4n) is 3.50. The number of esters is 1. The molecule has 1 heterocycles. The van der Waals surface area contributed by atoms with Crippen LogP contribution >= 0.6 is 0 Å². The molecule has 2 aromatic carbocycles. The van der Waals surface area contributed by atoms with Gasteiger partial charge in [0.05, 0.1) is 12.0 Å². The molecule has 1 N–H and O–H groups in total. The molecule has 0 spiro atoms. The molecule has 3 aromatic rings. The fraction of sp³-hybridized carbons (Fsp3) is 0.444. The van der Waals surface area contributed by atoms with Gasteiger partial charge in [0.2, 0.25) is 0 Å². The van der Waals surface area contributed by atoms with Gasteiger partial charge in [-0.2, -0.15) is 0 Å². The van der Waals surface area contributed by atoms with E-state index in [1.54, 1.807) is 0 Å². The fourth-order valence-corrected chi connectivity index (χ4v) is 3.50. The van der Waals surface area contributed by atoms with Crippen LogP contribution in [0.4, 0.5) is 0 Å². The maximum atomic E-state index is 12.1. The molecule has 3 rings (SSSR count). The molecule has 4 nitrogen and oxygen atoms in total. The highest BCUT2D eigenvalue weighted by molar-refractivity contribution is 5.83. The Kier molecular flexibility index (Phi) is 7.91. The lowest BCUT2D eigenvalue weighted by molar-refractivity contribution is -0.156. The summed E-state index contributed by atoms with van der Waals surface area (Å²) in [5.74, 6) is 0.701. The van der Waals surface area contributed by atoms with Crippen molar-refractivity contribution in [1.82, 2.24) is 0 Å². The number of carbonyl (C=O) groups is 1. The zero-order valence-electron chi connectivity index (χ0n) is 18.9. The van der Waals surface area contributed by atoms with E-state index in [0.29, 0.717) is 6.61 Å². The number of fused-ring (bicyclic) bond motifs is 1. The second-order valence-corrected chi connectivity index (χ2v) is 8.98. The van der Waals surface area contributed by atoms with Crippen molar-refractivity contribution in [2.24, 2.45) is 11.3 Å². The number of carbonyl (C=O) groups excluding carboxylic acids is 1. The van der Waals surface area contributed by atoms with Gasteiger partial charge in [-0.3, -0.25) is 4.79 Å². The normalized spacial score (nSPS) is 12.8. The first kappa shape index (κ1) is 23.1. The summed E-state index contributed by atoms with van der Waals surface area (Å²) in [4.78, 5) is 12.1. The van der Waals surface area contributed by atoms with E-state index >= 15 is 0 Å². The molecule has 31 heavy (non-hydrogen) atoms. The number of aryl methyl sites for hydroxylation is 1. The number of unbranched alkanes of at least 4 members (excludes halogenated alkanes) is 1. The number of hydrogen-bond donors (Lipinski definition) is 1. The van der Waals surface area contributed by atoms with E-state index in [4.69, 9.17) is 9.15 Å². The van der Waals surface area contributed by atoms with Gasteiger partial charge in [-0.05, 0) is 57.2 Å². The minimum Gasteiger partial charge on any atom is -0.465 e. The van der Waals surface area contributed by atoms with Crippen molar-refractivity contribution in [3.8, 4) is 11.3 Å². The zero-order chi connectivity index (χ0) is 22.3. The van der Waals surface area contributed by atoms with Crippen LogP contribution in [0.2, 0.25) is 0 Å². The SMILES string of the molecule is CCC(C)(C)C(=O)OCC(CO)CCCCc1ccc2cc(-c3ccccc3)oc2c1. The predicted octanol–water partition coefficient (Wildman–Crippen LogP) is 6.40. The Morgan fingerprint density at radius 1 is 1.10 bits per heavy atom. The number of aliphatic hydroxyl groups excluding tert-OH is 1. The molecule has 1 atom stereocenters. The monoisotopic (exact) mass is 422 g/mol. The minimum atomic E-state index is -0.467. The molecule has 0 aliphatic heterocycles. The van der Waals surface area contributed by atoms with Crippen LogP contribution in [0, 0.1) is 11.3 Å². The molecule has 166 valence electrons. The number of benzene rings is 2. The lowest BCUT2D eigenvalue weighted by Gasteiger charge is -2.22. The minimum absolute atomic E-state index is 0.00223. The third kappa shape index (κ3) is 6.20. The largest absolute Gasteiger partial charge is 0.465 e. The smallest absolute Gasteiger partial charge is 0.311 e. The molecule has 0 amide bonds. The van der Waals surface area contributed by atoms with Crippen LogP contribution in [-0.4, -0.2) is 24.3 Å². The molecular weight excluding hydrogens is 388 g/mol. The van der Waals surface area contributed by atoms with Gasteiger partial charge < -0.3 is 14.3 Å². The molecule has 0 fully saturated rings. The molecule has 0 radical (unpaired) electrons. The highest BCUT2D eigenvalue weighted by Gasteiger charge is 2.27. The average molecular weight is 423 g/mol. The number of aliphatic hydroxyl groups is 1. The van der Waals surface area contributed by atoms with E-state index in [2.05, 4.69) is 36.4 Å². The van der Waals surface area contributed by atoms with E-state index in [9.17, 15) is 9.90 Å². The van der Waals surface area contributed by atoms with Gasteiger partial charge >= 0.3 is 5.97 Å². The second kappa shape index (κ2) is 10.6. The average Bonchev–Trinajstić information content (AvgIpc) is 3.22. The van der Waals surface area contributed by atoms with Crippen molar-refractivity contribution in [2.45, 2.75) is 52.9 Å². The number of furan rings is 1. The van der Waals surface area contributed by atoms with Crippen molar-refractivity contribution in [3.63, 3.8) is 0 Å². The standard InChI is InChI=1S/C27H34O4/c1-4-27(2,3)26(29)30-19-21(18-28)11-9-8-10-20-14-15-23-17-25(31-24(23)16-20)22-12-6-5-7-13-22/h5-7,12-17,21,28H,4,8-11,18-19H2,1-3H3. The van der Waals surface area contributed by atoms with Crippen LogP contribution in [0.15, 0.2) is 59.0 Å². The summed E-state index contributed by atoms with van der Waals surface area (Å²) in [5.41, 5.74) is 2.77. The first-order chi connectivity index (χ1) is 14.9. The highest BCUT2D eigenvalue weighted by atomic mass is 16.5. The first-order valence-corrected chi connectivity index (χ1v) is 11.3. The van der Waals surface area contributed by atoms with E-state index in [1.807, 2.05) is 39.0 Å². The van der Waals surface area contributed by atoms with Crippen molar-refractivity contribution in [3.05, 3.63) is 60.2 Å². The third-order valence-electron chi connectivity index (χ3n) is 6.12. The Balaban J connectivity index is 1.48. The van der Waals surface area contributed by atoms with E-state index in [1.165, 1.54) is 5.56 Å². The van der Waals surface area contributed by atoms with Crippen LogP contribution in [0.1, 0.15) is 52.0 Å². The summed E-state index contributed by atoms with van der Waals surface area (Å²) in [6, 6.07) is 18.6. The first-order valence-electron chi connectivity index (χ1n) is 11.3. The molecule has 0 aliphatic carbocycles. The van der Waals surface area contributed by atoms with Gasteiger partial charge in [0.25, 0.3) is 0 Å². The zero-order valence-corrected chi connectivity index (χ0v) is 18.9. The predicted molar refractivity (Wildman–Crippen MR) is 125 cm³/mol. The van der Waals surface area contributed by atoms with Crippen LogP contribution in [0.3, 0.4) is 0 Å². The summed E-state index contributed by atoms with van der Waals surface area (Å²) in [5, 5.41) is 10.7. The molecule has 1 unspecified atom stereocenters. The summed E-state index contributed by atoms with van der Waals surface area (Å²) in [6.45, 7) is 6.09. The second-order valence-electron chi connectivity index (χ2n) is 8.98. The lowest BCUT2D eigenvalue weighted by atomic mass is 9.90. The Morgan fingerprint density at radius 3 is 2.58 bits per heavy atom. The van der Waals surface area contributed by atoms with Gasteiger partial charge in [-0.25, -0.2) is 0 Å². The molecule has 0 saturated carbocycles. The summed E-state index contributed by atoms with van der Waals surface area (Å²) in [7, 11) is 0. The van der Waals surface area contributed by atoms with Gasteiger partial charge in [0.15, 0.2) is 0 Å². The van der Waals surface area contributed by atoms with Crippen molar-refractivity contribution >= 4 is 16.9 Å². The molecular formula is C27H34O4. The van der Waals surface area contributed by atoms with Gasteiger partial charge in [-0.15, -0.1) is 0 Å². The number of hydrogen-bond acceptors (Lipinski definition) is 4. The van der Waals surface area contributed by atoms with Crippen molar-refractivity contribution in [2.75, 3.05) is 13.2 Å². The Labute approximate surface area is 185 Å².